The summed E-state index contributed by atoms with van der Waals surface area (Å²) in [6, 6.07) is 3.97. The van der Waals surface area contributed by atoms with E-state index in [-0.39, 0.29) is 47.5 Å². The van der Waals surface area contributed by atoms with Crippen LogP contribution in [-0.4, -0.2) is 47.7 Å². The summed E-state index contributed by atoms with van der Waals surface area (Å²) in [4.78, 5) is 29.1. The van der Waals surface area contributed by atoms with Crippen molar-refractivity contribution in [1.29, 1.82) is 0 Å². The van der Waals surface area contributed by atoms with Crippen LogP contribution in [0, 0.1) is 21.3 Å². The Morgan fingerprint density at radius 1 is 1.10 bits per heavy atom. The van der Waals surface area contributed by atoms with E-state index in [9.17, 15) is 14.7 Å². The van der Waals surface area contributed by atoms with Gasteiger partial charge in [-0.25, -0.2) is 0 Å². The Bertz CT molecular complexity index is 1180. The number of allylic oxidation sites excluding steroid dienone is 2. The van der Waals surface area contributed by atoms with E-state index in [0.29, 0.717) is 12.4 Å². The van der Waals surface area contributed by atoms with Crippen molar-refractivity contribution in [3.63, 3.8) is 0 Å². The van der Waals surface area contributed by atoms with E-state index in [4.69, 9.17) is 9.47 Å². The first-order chi connectivity index (χ1) is 19.4. The van der Waals surface area contributed by atoms with Crippen LogP contribution in [0.25, 0.3) is 6.08 Å². The number of fused-ring (bicyclic) bond motifs is 3. The SMILES string of the molecule is CCCC1=C2[C@@H](CC/C(=C/c3cc(I)c(O)c(OC)c3)CCC)OC[C@@H]2[C@@H]2C(=O)N(C3CCCCC3)C(=O)[C@@H]2C1. The van der Waals surface area contributed by atoms with E-state index in [2.05, 4.69) is 42.5 Å². The van der Waals surface area contributed by atoms with Gasteiger partial charge >= 0.3 is 0 Å². The number of nitrogens with zero attached hydrogens (tertiary/aromatic N) is 1. The van der Waals surface area contributed by atoms with Crippen LogP contribution in [-0.2, 0) is 14.3 Å². The lowest BCUT2D eigenvalue weighted by molar-refractivity contribution is -0.143. The lowest BCUT2D eigenvalue weighted by atomic mass is 9.68. The molecule has 0 bridgehead atoms. The van der Waals surface area contributed by atoms with Crippen LogP contribution in [0.3, 0.4) is 0 Å². The van der Waals surface area contributed by atoms with E-state index in [1.807, 2.05) is 12.1 Å². The fraction of sp³-hybridized carbons (Fsp3) is 0.636. The van der Waals surface area contributed by atoms with Gasteiger partial charge in [0.25, 0.3) is 0 Å². The number of ether oxygens (including phenoxy) is 2. The average Bonchev–Trinajstić information content (AvgIpc) is 3.48. The van der Waals surface area contributed by atoms with Crippen molar-refractivity contribution in [2.45, 2.75) is 103 Å². The molecule has 2 heterocycles. The van der Waals surface area contributed by atoms with Crippen molar-refractivity contribution in [2.75, 3.05) is 13.7 Å². The molecular weight excluding hydrogens is 617 g/mol. The minimum atomic E-state index is -0.243. The molecule has 2 aliphatic heterocycles. The molecule has 2 saturated heterocycles. The fourth-order valence-electron chi connectivity index (χ4n) is 7.71. The number of hydrogen-bond donors (Lipinski definition) is 1. The number of aromatic hydroxyl groups is 1. The summed E-state index contributed by atoms with van der Waals surface area (Å²) in [6.45, 7) is 4.94. The predicted molar refractivity (Wildman–Crippen MR) is 165 cm³/mol. The molecule has 1 N–H and O–H groups in total. The number of likely N-dealkylation sites (tertiary alicyclic amines) is 1. The maximum atomic E-state index is 13.8. The predicted octanol–water partition coefficient (Wildman–Crippen LogP) is 7.42. The number of rotatable bonds is 10. The molecule has 5 rings (SSSR count). The minimum absolute atomic E-state index is 0.00822. The highest BCUT2D eigenvalue weighted by Crippen LogP contribution is 2.51. The molecule has 7 heteroatoms. The molecule has 4 aliphatic rings. The van der Waals surface area contributed by atoms with Crippen LogP contribution in [0.5, 0.6) is 11.5 Å². The highest BCUT2D eigenvalue weighted by atomic mass is 127. The summed E-state index contributed by atoms with van der Waals surface area (Å²) < 4.78 is 12.6. The normalized spacial score (nSPS) is 27.4. The number of halogens is 1. The van der Waals surface area contributed by atoms with Crippen molar-refractivity contribution in [2.24, 2.45) is 17.8 Å². The van der Waals surface area contributed by atoms with Crippen molar-refractivity contribution in [3.05, 3.63) is 38.0 Å². The van der Waals surface area contributed by atoms with Gasteiger partial charge in [-0.05, 0) is 90.8 Å². The van der Waals surface area contributed by atoms with Gasteiger partial charge in [-0.1, -0.05) is 63.2 Å². The quantitative estimate of drug-likeness (QED) is 0.161. The molecule has 0 radical (unpaired) electrons. The van der Waals surface area contributed by atoms with Gasteiger partial charge in [-0.2, -0.15) is 0 Å². The second-order valence-corrected chi connectivity index (χ2v) is 13.2. The van der Waals surface area contributed by atoms with Crippen LogP contribution < -0.4 is 4.74 Å². The molecule has 4 atom stereocenters. The molecule has 40 heavy (non-hydrogen) atoms. The first kappa shape index (κ1) is 29.6. The maximum Gasteiger partial charge on any atom is 0.234 e. The third-order valence-corrected chi connectivity index (χ3v) is 10.3. The minimum Gasteiger partial charge on any atom is -0.504 e. The van der Waals surface area contributed by atoms with E-state index in [1.54, 1.807) is 12.0 Å². The number of imide groups is 1. The molecule has 6 nitrogen and oxygen atoms in total. The van der Waals surface area contributed by atoms with Gasteiger partial charge in [0, 0.05) is 12.0 Å². The standard InChI is InChI=1S/C33H44INO5/c1-4-9-20(15-21-16-26(34)31(36)28(17-21)39-3)13-14-27-29-22(10-5-2)18-24-30(25(29)19-40-27)33(38)35(32(24)37)23-11-7-6-8-12-23/h15-17,23-25,27,30,36H,4-14,18-19H2,1-3H3/b20-15+/t24-,25+,27-,30-/m1/s1. The molecule has 2 amide bonds. The van der Waals surface area contributed by atoms with Gasteiger partial charge in [0.2, 0.25) is 11.8 Å². The van der Waals surface area contributed by atoms with Crippen LogP contribution in [0.1, 0.15) is 96.5 Å². The lowest BCUT2D eigenvalue weighted by Crippen LogP contribution is -2.42. The zero-order valence-electron chi connectivity index (χ0n) is 24.2. The van der Waals surface area contributed by atoms with Crippen molar-refractivity contribution in [1.82, 2.24) is 4.90 Å². The smallest absolute Gasteiger partial charge is 0.234 e. The summed E-state index contributed by atoms with van der Waals surface area (Å²) in [5, 5.41) is 10.3. The van der Waals surface area contributed by atoms with Gasteiger partial charge in [-0.3, -0.25) is 14.5 Å². The summed E-state index contributed by atoms with van der Waals surface area (Å²) in [7, 11) is 1.58. The fourth-order valence-corrected chi connectivity index (χ4v) is 8.34. The van der Waals surface area contributed by atoms with Crippen LogP contribution >= 0.6 is 22.6 Å². The molecule has 2 aliphatic carbocycles. The van der Waals surface area contributed by atoms with E-state index >= 15 is 0 Å². The summed E-state index contributed by atoms with van der Waals surface area (Å²) in [5.41, 5.74) is 5.09. The molecule has 3 fully saturated rings. The summed E-state index contributed by atoms with van der Waals surface area (Å²) >= 11 is 2.14. The molecule has 0 spiro atoms. The molecule has 1 aromatic rings. The Morgan fingerprint density at radius 3 is 2.58 bits per heavy atom. The number of amides is 2. The number of phenolic OH excluding ortho intramolecular Hbond substituents is 1. The third kappa shape index (κ3) is 5.74. The van der Waals surface area contributed by atoms with Crippen LogP contribution in [0.4, 0.5) is 0 Å². The first-order valence-corrected chi connectivity index (χ1v) is 16.4. The number of carbonyl (C=O) groups is 2. The van der Waals surface area contributed by atoms with Crippen molar-refractivity contribution < 1.29 is 24.2 Å². The highest BCUT2D eigenvalue weighted by molar-refractivity contribution is 14.1. The Hall–Kier alpha value is -1.87. The summed E-state index contributed by atoms with van der Waals surface area (Å²) in [6.07, 6.45) is 14.1. The zero-order valence-corrected chi connectivity index (χ0v) is 26.4. The number of carbonyl (C=O) groups excluding carboxylic acids is 2. The van der Waals surface area contributed by atoms with Gasteiger partial charge in [0.05, 0.1) is 35.2 Å². The Kier molecular flexibility index (Phi) is 9.60. The van der Waals surface area contributed by atoms with E-state index in [1.165, 1.54) is 23.1 Å². The van der Waals surface area contributed by atoms with Crippen molar-refractivity contribution in [3.8, 4) is 11.5 Å². The molecular formula is C33H44INO5. The monoisotopic (exact) mass is 661 g/mol. The second kappa shape index (κ2) is 13.0. The summed E-state index contributed by atoms with van der Waals surface area (Å²) in [5.74, 6) is 0.422. The second-order valence-electron chi connectivity index (χ2n) is 12.1. The van der Waals surface area contributed by atoms with Crippen molar-refractivity contribution >= 4 is 40.5 Å². The Morgan fingerprint density at radius 2 is 1.88 bits per heavy atom. The topological polar surface area (TPSA) is 76.1 Å². The zero-order chi connectivity index (χ0) is 28.4. The molecule has 1 aromatic carbocycles. The van der Waals surface area contributed by atoms with Crippen LogP contribution in [0.15, 0.2) is 28.9 Å². The lowest BCUT2D eigenvalue weighted by Gasteiger charge is -2.32. The number of phenols is 1. The number of methoxy groups -OCH3 is 1. The van der Waals surface area contributed by atoms with Gasteiger partial charge in [0.15, 0.2) is 11.5 Å². The largest absolute Gasteiger partial charge is 0.504 e. The molecule has 0 aromatic heterocycles. The third-order valence-electron chi connectivity index (χ3n) is 9.47. The van der Waals surface area contributed by atoms with Gasteiger partial charge in [-0.15, -0.1) is 0 Å². The first-order valence-electron chi connectivity index (χ1n) is 15.3. The van der Waals surface area contributed by atoms with Crippen LogP contribution in [0.2, 0.25) is 0 Å². The number of hydrogen-bond acceptors (Lipinski definition) is 5. The number of benzene rings is 1. The van der Waals surface area contributed by atoms with E-state index in [0.717, 1.165) is 79.8 Å². The highest BCUT2D eigenvalue weighted by Gasteiger charge is 2.57. The Labute approximate surface area is 252 Å². The van der Waals surface area contributed by atoms with Gasteiger partial charge in [0.1, 0.15) is 0 Å². The maximum absolute atomic E-state index is 13.8. The average molecular weight is 662 g/mol. The molecule has 1 saturated carbocycles. The van der Waals surface area contributed by atoms with Gasteiger partial charge < -0.3 is 14.6 Å². The molecule has 218 valence electrons. The van der Waals surface area contributed by atoms with E-state index < -0.39 is 0 Å². The Balaban J connectivity index is 1.36. The molecule has 0 unspecified atom stereocenters.